The first-order valence-corrected chi connectivity index (χ1v) is 8.43. The summed E-state index contributed by atoms with van der Waals surface area (Å²) in [4.78, 5) is 14.2. The van der Waals surface area contributed by atoms with Crippen molar-refractivity contribution in [3.8, 4) is 0 Å². The van der Waals surface area contributed by atoms with Gasteiger partial charge < -0.3 is 15.5 Å². The van der Waals surface area contributed by atoms with Crippen LogP contribution in [0.15, 0.2) is 0 Å². The first-order chi connectivity index (χ1) is 9.75. The number of carbonyl (C=O) groups is 1. The molecule has 1 atom stereocenters. The number of likely N-dealkylation sites (N-methyl/N-ethyl adjacent to an activating group) is 1. The number of nitrogens with zero attached hydrogens (tertiary/aromatic N) is 1. The highest BCUT2D eigenvalue weighted by Gasteiger charge is 2.18. The molecule has 0 radical (unpaired) electrons. The van der Waals surface area contributed by atoms with Crippen LogP contribution in [0.25, 0.3) is 0 Å². The summed E-state index contributed by atoms with van der Waals surface area (Å²) in [5.41, 5.74) is 0. The van der Waals surface area contributed by atoms with Gasteiger partial charge in [0.2, 0.25) is 5.91 Å². The van der Waals surface area contributed by atoms with Crippen molar-refractivity contribution in [3.63, 3.8) is 0 Å². The van der Waals surface area contributed by atoms with Crippen molar-refractivity contribution in [2.75, 3.05) is 33.2 Å². The van der Waals surface area contributed by atoms with Crippen molar-refractivity contribution in [3.05, 3.63) is 0 Å². The standard InChI is InChI=1S/C16H31N3O/c1-19(15-5-3-2-4-6-15)12-11-18-16(20)8-7-14-9-10-17-13-14/h14-15,17H,2-13H2,1H3,(H,18,20). The maximum absolute atomic E-state index is 11.8. The van der Waals surface area contributed by atoms with E-state index in [-0.39, 0.29) is 5.91 Å². The molecule has 1 unspecified atom stereocenters. The zero-order chi connectivity index (χ0) is 14.2. The zero-order valence-corrected chi connectivity index (χ0v) is 13.0. The molecule has 0 aromatic carbocycles. The molecule has 4 heteroatoms. The Bertz CT molecular complexity index is 283. The number of nitrogens with one attached hydrogen (secondary N) is 2. The number of amides is 1. The summed E-state index contributed by atoms with van der Waals surface area (Å²) in [6.07, 6.45) is 9.78. The van der Waals surface area contributed by atoms with E-state index in [0.29, 0.717) is 12.3 Å². The predicted molar refractivity (Wildman–Crippen MR) is 82.7 cm³/mol. The Morgan fingerprint density at radius 1 is 1.25 bits per heavy atom. The topological polar surface area (TPSA) is 44.4 Å². The van der Waals surface area contributed by atoms with E-state index in [2.05, 4.69) is 22.6 Å². The Hall–Kier alpha value is -0.610. The van der Waals surface area contributed by atoms with E-state index in [1.54, 1.807) is 0 Å². The summed E-state index contributed by atoms with van der Waals surface area (Å²) in [7, 11) is 2.20. The molecule has 1 saturated heterocycles. The monoisotopic (exact) mass is 281 g/mol. The van der Waals surface area contributed by atoms with Gasteiger partial charge in [-0.1, -0.05) is 19.3 Å². The summed E-state index contributed by atoms with van der Waals surface area (Å²) in [6.45, 7) is 4.01. The van der Waals surface area contributed by atoms with Crippen molar-refractivity contribution in [1.82, 2.24) is 15.5 Å². The van der Waals surface area contributed by atoms with Gasteiger partial charge in [0.05, 0.1) is 0 Å². The van der Waals surface area contributed by atoms with Crippen LogP contribution in [0.4, 0.5) is 0 Å². The SMILES string of the molecule is CN(CCNC(=O)CCC1CCNC1)C1CCCCC1. The highest BCUT2D eigenvalue weighted by molar-refractivity contribution is 5.75. The minimum atomic E-state index is 0.231. The molecule has 1 aliphatic heterocycles. The quantitative estimate of drug-likeness (QED) is 0.747. The molecule has 0 spiro atoms. The van der Waals surface area contributed by atoms with Gasteiger partial charge in [0.1, 0.15) is 0 Å². The molecule has 0 bridgehead atoms. The molecule has 2 N–H and O–H groups in total. The summed E-state index contributed by atoms with van der Waals surface area (Å²) >= 11 is 0. The van der Waals surface area contributed by atoms with Crippen molar-refractivity contribution >= 4 is 5.91 Å². The second kappa shape index (κ2) is 8.63. The molecule has 20 heavy (non-hydrogen) atoms. The lowest BCUT2D eigenvalue weighted by atomic mass is 9.94. The smallest absolute Gasteiger partial charge is 0.220 e. The van der Waals surface area contributed by atoms with Gasteiger partial charge in [0.15, 0.2) is 0 Å². The lowest BCUT2D eigenvalue weighted by Gasteiger charge is -2.31. The molecule has 2 rings (SSSR count). The van der Waals surface area contributed by atoms with E-state index < -0.39 is 0 Å². The van der Waals surface area contributed by atoms with Crippen molar-refractivity contribution in [1.29, 1.82) is 0 Å². The third-order valence-corrected chi connectivity index (χ3v) is 4.93. The molecule has 1 saturated carbocycles. The van der Waals surface area contributed by atoms with Crippen LogP contribution in [0.3, 0.4) is 0 Å². The van der Waals surface area contributed by atoms with Crippen LogP contribution in [0.1, 0.15) is 51.4 Å². The highest BCUT2D eigenvalue weighted by atomic mass is 16.1. The van der Waals surface area contributed by atoms with Crippen LogP contribution >= 0.6 is 0 Å². The van der Waals surface area contributed by atoms with E-state index in [0.717, 1.165) is 38.6 Å². The van der Waals surface area contributed by atoms with Crippen molar-refractivity contribution in [2.45, 2.75) is 57.4 Å². The van der Waals surface area contributed by atoms with Gasteiger partial charge in [-0.05, 0) is 51.7 Å². The number of hydrogen-bond donors (Lipinski definition) is 2. The molecule has 0 aromatic rings. The minimum absolute atomic E-state index is 0.231. The Balaban J connectivity index is 1.51. The van der Waals surface area contributed by atoms with E-state index >= 15 is 0 Å². The fourth-order valence-corrected chi connectivity index (χ4v) is 3.46. The number of rotatable bonds is 7. The predicted octanol–water partition coefficient (Wildman–Crippen LogP) is 1.76. The normalized spacial score (nSPS) is 24.2. The summed E-state index contributed by atoms with van der Waals surface area (Å²) in [6, 6.07) is 0.741. The molecule has 2 aliphatic rings. The van der Waals surface area contributed by atoms with E-state index in [1.807, 2.05) is 0 Å². The van der Waals surface area contributed by atoms with E-state index in [4.69, 9.17) is 0 Å². The second-order valence-electron chi connectivity index (χ2n) is 6.52. The van der Waals surface area contributed by atoms with Gasteiger partial charge in [-0.15, -0.1) is 0 Å². The Morgan fingerprint density at radius 2 is 2.05 bits per heavy atom. The van der Waals surface area contributed by atoms with Crippen LogP contribution in [-0.4, -0.2) is 50.1 Å². The number of carbonyl (C=O) groups excluding carboxylic acids is 1. The summed E-state index contributed by atoms with van der Waals surface area (Å²) < 4.78 is 0. The third-order valence-electron chi connectivity index (χ3n) is 4.93. The summed E-state index contributed by atoms with van der Waals surface area (Å²) in [5.74, 6) is 0.944. The lowest BCUT2D eigenvalue weighted by Crippen LogP contribution is -2.39. The largest absolute Gasteiger partial charge is 0.355 e. The Kier molecular flexibility index (Phi) is 6.80. The average molecular weight is 281 g/mol. The molecule has 0 aromatic heterocycles. The van der Waals surface area contributed by atoms with Crippen molar-refractivity contribution < 1.29 is 4.79 Å². The van der Waals surface area contributed by atoms with Gasteiger partial charge in [-0.25, -0.2) is 0 Å². The van der Waals surface area contributed by atoms with Gasteiger partial charge in [-0.2, -0.15) is 0 Å². The highest BCUT2D eigenvalue weighted by Crippen LogP contribution is 2.21. The van der Waals surface area contributed by atoms with Crippen LogP contribution in [0.2, 0.25) is 0 Å². The summed E-state index contributed by atoms with van der Waals surface area (Å²) in [5, 5.41) is 6.43. The van der Waals surface area contributed by atoms with Gasteiger partial charge in [-0.3, -0.25) is 4.79 Å². The first-order valence-electron chi connectivity index (χ1n) is 8.43. The van der Waals surface area contributed by atoms with E-state index in [1.165, 1.54) is 38.5 Å². The minimum Gasteiger partial charge on any atom is -0.355 e. The van der Waals surface area contributed by atoms with E-state index in [9.17, 15) is 4.79 Å². The van der Waals surface area contributed by atoms with Crippen LogP contribution in [0, 0.1) is 5.92 Å². The molecule has 4 nitrogen and oxygen atoms in total. The average Bonchev–Trinajstić information content (AvgIpc) is 2.99. The molecule has 1 heterocycles. The maximum Gasteiger partial charge on any atom is 0.220 e. The molecular formula is C16H31N3O. The van der Waals surface area contributed by atoms with Gasteiger partial charge in [0, 0.05) is 25.6 Å². The van der Waals surface area contributed by atoms with Gasteiger partial charge in [0.25, 0.3) is 0 Å². The second-order valence-corrected chi connectivity index (χ2v) is 6.52. The van der Waals surface area contributed by atoms with Gasteiger partial charge >= 0.3 is 0 Å². The Labute approximate surface area is 123 Å². The zero-order valence-electron chi connectivity index (χ0n) is 13.0. The molecule has 2 fully saturated rings. The van der Waals surface area contributed by atoms with Crippen molar-refractivity contribution in [2.24, 2.45) is 5.92 Å². The maximum atomic E-state index is 11.8. The first kappa shape index (κ1) is 15.8. The lowest BCUT2D eigenvalue weighted by molar-refractivity contribution is -0.121. The Morgan fingerprint density at radius 3 is 2.75 bits per heavy atom. The molecule has 116 valence electrons. The fourth-order valence-electron chi connectivity index (χ4n) is 3.46. The van der Waals surface area contributed by atoms with Crippen LogP contribution in [0.5, 0.6) is 0 Å². The fraction of sp³-hybridized carbons (Fsp3) is 0.938. The molecule has 1 aliphatic carbocycles. The number of hydrogen-bond acceptors (Lipinski definition) is 3. The third kappa shape index (κ3) is 5.41. The van der Waals surface area contributed by atoms with Crippen LogP contribution in [-0.2, 0) is 4.79 Å². The molecular weight excluding hydrogens is 250 g/mol. The molecule has 1 amide bonds. The van der Waals surface area contributed by atoms with Crippen LogP contribution < -0.4 is 10.6 Å².